The van der Waals surface area contributed by atoms with Gasteiger partial charge in [-0.25, -0.2) is 4.98 Å². The van der Waals surface area contributed by atoms with E-state index < -0.39 is 0 Å². The average molecular weight is 339 g/mol. The quantitative estimate of drug-likeness (QED) is 0.734. The number of benzene rings is 1. The van der Waals surface area contributed by atoms with Crippen molar-refractivity contribution >= 4 is 27.3 Å². The van der Waals surface area contributed by atoms with Gasteiger partial charge in [-0.3, -0.25) is 9.78 Å². The summed E-state index contributed by atoms with van der Waals surface area (Å²) in [7, 11) is 0. The molecule has 1 fully saturated rings. The summed E-state index contributed by atoms with van der Waals surface area (Å²) < 4.78 is 7.01. The minimum atomic E-state index is -0.0335. The molecule has 5 nitrogen and oxygen atoms in total. The van der Waals surface area contributed by atoms with E-state index in [4.69, 9.17) is 4.74 Å². The highest BCUT2D eigenvalue weighted by atomic mass is 32.1. The molecule has 3 heterocycles. The third kappa shape index (κ3) is 3.10. The Balaban J connectivity index is 1.48. The summed E-state index contributed by atoms with van der Waals surface area (Å²) in [4.78, 5) is 23.6. The van der Waals surface area contributed by atoms with Crippen molar-refractivity contribution in [3.8, 4) is 5.88 Å². The molecular formula is C18H17N3O2S. The first-order chi connectivity index (χ1) is 11.8. The van der Waals surface area contributed by atoms with Crippen molar-refractivity contribution in [2.75, 3.05) is 13.1 Å². The zero-order valence-electron chi connectivity index (χ0n) is 13.1. The first kappa shape index (κ1) is 15.1. The number of hydrogen-bond donors (Lipinski definition) is 0. The molecule has 0 aliphatic carbocycles. The number of nitrogens with zero attached hydrogens (tertiary/aromatic N) is 3. The molecule has 1 amide bonds. The normalized spacial score (nSPS) is 17.8. The van der Waals surface area contributed by atoms with E-state index in [2.05, 4.69) is 9.97 Å². The number of rotatable bonds is 3. The molecule has 1 aliphatic rings. The van der Waals surface area contributed by atoms with Crippen LogP contribution in [-0.2, 0) is 0 Å². The van der Waals surface area contributed by atoms with Crippen LogP contribution in [0.1, 0.15) is 22.5 Å². The summed E-state index contributed by atoms with van der Waals surface area (Å²) >= 11 is 1.55. The smallest absolute Gasteiger partial charge is 0.264 e. The highest BCUT2D eigenvalue weighted by molar-refractivity contribution is 7.20. The first-order valence-electron chi connectivity index (χ1n) is 8.00. The lowest BCUT2D eigenvalue weighted by Crippen LogP contribution is -2.44. The summed E-state index contributed by atoms with van der Waals surface area (Å²) in [6, 6.07) is 10.1. The van der Waals surface area contributed by atoms with E-state index in [1.165, 1.54) is 0 Å². The third-order valence-electron chi connectivity index (χ3n) is 4.13. The maximum absolute atomic E-state index is 12.8. The summed E-state index contributed by atoms with van der Waals surface area (Å²) in [5, 5.41) is 1.12. The van der Waals surface area contributed by atoms with Gasteiger partial charge in [0.05, 0.1) is 17.6 Å². The van der Waals surface area contributed by atoms with Crippen LogP contribution in [0.3, 0.4) is 0 Å². The second kappa shape index (κ2) is 6.57. The van der Waals surface area contributed by atoms with Crippen LogP contribution >= 0.6 is 11.3 Å². The fourth-order valence-electron chi connectivity index (χ4n) is 2.98. The first-order valence-corrected chi connectivity index (χ1v) is 8.82. The lowest BCUT2D eigenvalue weighted by Gasteiger charge is -2.32. The molecule has 2 aromatic heterocycles. The molecule has 0 bridgehead atoms. The highest BCUT2D eigenvalue weighted by Crippen LogP contribution is 2.27. The van der Waals surface area contributed by atoms with Crippen LogP contribution in [0, 0.1) is 0 Å². The number of thiophene rings is 1. The summed E-state index contributed by atoms with van der Waals surface area (Å²) in [5.41, 5.74) is 0. The predicted molar refractivity (Wildman–Crippen MR) is 93.4 cm³/mol. The van der Waals surface area contributed by atoms with Crippen molar-refractivity contribution < 1.29 is 9.53 Å². The van der Waals surface area contributed by atoms with Gasteiger partial charge in [-0.1, -0.05) is 18.2 Å². The van der Waals surface area contributed by atoms with Crippen LogP contribution in [0.5, 0.6) is 5.88 Å². The SMILES string of the molecule is O=C(c1cc2ccccc2s1)N1CCCC(Oc2cnccn2)C1. The summed E-state index contributed by atoms with van der Waals surface area (Å²) in [6.07, 6.45) is 6.65. The monoisotopic (exact) mass is 339 g/mol. The van der Waals surface area contributed by atoms with E-state index in [1.54, 1.807) is 29.9 Å². The highest BCUT2D eigenvalue weighted by Gasteiger charge is 2.26. The Morgan fingerprint density at radius 2 is 2.21 bits per heavy atom. The topological polar surface area (TPSA) is 55.3 Å². The minimum Gasteiger partial charge on any atom is -0.471 e. The lowest BCUT2D eigenvalue weighted by molar-refractivity contribution is 0.0531. The van der Waals surface area contributed by atoms with E-state index in [-0.39, 0.29) is 12.0 Å². The van der Waals surface area contributed by atoms with Crippen molar-refractivity contribution in [1.29, 1.82) is 0 Å². The number of ether oxygens (including phenoxy) is 1. The van der Waals surface area contributed by atoms with Crippen LogP contribution < -0.4 is 4.74 Å². The number of fused-ring (bicyclic) bond motifs is 1. The van der Waals surface area contributed by atoms with Crippen LogP contribution in [-0.4, -0.2) is 40.0 Å². The predicted octanol–water partition coefficient (Wildman–Crippen LogP) is 3.37. The van der Waals surface area contributed by atoms with Gasteiger partial charge >= 0.3 is 0 Å². The van der Waals surface area contributed by atoms with Crippen LogP contribution in [0.4, 0.5) is 0 Å². The molecule has 0 N–H and O–H groups in total. The molecule has 1 unspecified atom stereocenters. The molecule has 1 atom stereocenters. The second-order valence-corrected chi connectivity index (χ2v) is 6.91. The zero-order chi connectivity index (χ0) is 16.4. The molecule has 1 saturated heterocycles. The molecule has 0 spiro atoms. The zero-order valence-corrected chi connectivity index (χ0v) is 13.9. The van der Waals surface area contributed by atoms with Crippen molar-refractivity contribution in [2.24, 2.45) is 0 Å². The Labute approximate surface area is 143 Å². The van der Waals surface area contributed by atoms with E-state index in [0.29, 0.717) is 12.4 Å². The van der Waals surface area contributed by atoms with Gasteiger partial charge in [0.1, 0.15) is 6.10 Å². The molecule has 1 aliphatic heterocycles. The lowest BCUT2D eigenvalue weighted by atomic mass is 10.1. The van der Waals surface area contributed by atoms with Gasteiger partial charge in [-0.2, -0.15) is 0 Å². The average Bonchev–Trinajstić information content (AvgIpc) is 3.06. The minimum absolute atomic E-state index is 0.0335. The van der Waals surface area contributed by atoms with E-state index in [9.17, 15) is 4.79 Å². The van der Waals surface area contributed by atoms with Gasteiger partial charge in [0.15, 0.2) is 0 Å². The Morgan fingerprint density at radius 1 is 1.29 bits per heavy atom. The molecule has 3 aromatic rings. The van der Waals surface area contributed by atoms with Gasteiger partial charge in [-0.05, 0) is 30.4 Å². The van der Waals surface area contributed by atoms with Crippen LogP contribution in [0.15, 0.2) is 48.9 Å². The van der Waals surface area contributed by atoms with Gasteiger partial charge in [0.25, 0.3) is 5.91 Å². The Kier molecular flexibility index (Phi) is 4.13. The number of carbonyl (C=O) groups is 1. The molecule has 0 saturated carbocycles. The summed E-state index contributed by atoms with van der Waals surface area (Å²) in [5.74, 6) is 0.599. The molecular weight excluding hydrogens is 322 g/mol. The van der Waals surface area contributed by atoms with Gasteiger partial charge < -0.3 is 9.64 Å². The Morgan fingerprint density at radius 3 is 3.04 bits per heavy atom. The molecule has 1 aromatic carbocycles. The van der Waals surface area contributed by atoms with E-state index in [1.807, 2.05) is 35.2 Å². The molecule has 6 heteroatoms. The maximum atomic E-state index is 12.8. The summed E-state index contributed by atoms with van der Waals surface area (Å²) in [6.45, 7) is 1.36. The van der Waals surface area contributed by atoms with Crippen molar-refractivity contribution in [3.05, 3.63) is 53.8 Å². The van der Waals surface area contributed by atoms with Gasteiger partial charge in [0.2, 0.25) is 5.88 Å². The maximum Gasteiger partial charge on any atom is 0.264 e. The van der Waals surface area contributed by atoms with E-state index in [0.717, 1.165) is 34.3 Å². The number of likely N-dealkylation sites (tertiary alicyclic amines) is 1. The Hall–Kier alpha value is -2.47. The molecule has 4 rings (SSSR count). The molecule has 0 radical (unpaired) electrons. The molecule has 24 heavy (non-hydrogen) atoms. The number of carbonyl (C=O) groups excluding carboxylic acids is 1. The van der Waals surface area contributed by atoms with E-state index >= 15 is 0 Å². The number of piperidine rings is 1. The van der Waals surface area contributed by atoms with Crippen molar-refractivity contribution in [2.45, 2.75) is 18.9 Å². The Bertz CT molecular complexity index is 817. The third-order valence-corrected chi connectivity index (χ3v) is 5.23. The number of aromatic nitrogens is 2. The fraction of sp³-hybridized carbons (Fsp3) is 0.278. The largest absolute Gasteiger partial charge is 0.471 e. The van der Waals surface area contributed by atoms with Gasteiger partial charge in [0, 0.05) is 23.6 Å². The fourth-order valence-corrected chi connectivity index (χ4v) is 4.01. The molecule has 122 valence electrons. The number of hydrogen-bond acceptors (Lipinski definition) is 5. The van der Waals surface area contributed by atoms with Crippen LogP contribution in [0.2, 0.25) is 0 Å². The van der Waals surface area contributed by atoms with Crippen molar-refractivity contribution in [1.82, 2.24) is 14.9 Å². The second-order valence-electron chi connectivity index (χ2n) is 5.83. The van der Waals surface area contributed by atoms with Gasteiger partial charge in [-0.15, -0.1) is 11.3 Å². The van der Waals surface area contributed by atoms with Crippen molar-refractivity contribution in [3.63, 3.8) is 0 Å². The van der Waals surface area contributed by atoms with Crippen LogP contribution in [0.25, 0.3) is 10.1 Å². The standard InChI is InChI=1S/C18H17N3O2S/c22-18(16-10-13-4-1-2-6-15(13)24-16)21-9-3-5-14(12-21)23-17-11-19-7-8-20-17/h1-2,4,6-8,10-11,14H,3,5,9,12H2. The number of amides is 1.